The number of ether oxygens (including phenoxy) is 1. The molecule has 1 aromatic carbocycles. The lowest BCUT2D eigenvalue weighted by atomic mass is 10.2. The van der Waals surface area contributed by atoms with Gasteiger partial charge >= 0.3 is 10.1 Å². The summed E-state index contributed by atoms with van der Waals surface area (Å²) in [6.07, 6.45) is 2.43. The zero-order valence-electron chi connectivity index (χ0n) is 13.2. The predicted octanol–water partition coefficient (Wildman–Crippen LogP) is 4.14. The van der Waals surface area contributed by atoms with Gasteiger partial charge in [0, 0.05) is 19.6 Å². The van der Waals surface area contributed by atoms with Crippen molar-refractivity contribution < 1.29 is 17.3 Å². The lowest BCUT2D eigenvalue weighted by molar-refractivity contribution is 0.162. The largest absolute Gasteiger partial charge is 0.384 e. The van der Waals surface area contributed by atoms with E-state index in [1.54, 1.807) is 18.2 Å². The van der Waals surface area contributed by atoms with Gasteiger partial charge in [-0.1, -0.05) is 38.1 Å². The molecule has 4 nitrogen and oxygen atoms in total. The molecule has 0 aliphatic carbocycles. The van der Waals surface area contributed by atoms with Crippen LogP contribution in [0, 0.1) is 0 Å². The molecule has 0 N–H and O–H groups in total. The Kier molecular flexibility index (Phi) is 10.6. The quantitative estimate of drug-likeness (QED) is 0.534. The van der Waals surface area contributed by atoms with Crippen LogP contribution in [0.15, 0.2) is 47.6 Å². The highest BCUT2D eigenvalue weighted by atomic mass is 32.2. The van der Waals surface area contributed by atoms with E-state index in [1.165, 1.54) is 12.1 Å². The second kappa shape index (κ2) is 11.3. The first-order valence-electron chi connectivity index (χ1n) is 7.22. The summed E-state index contributed by atoms with van der Waals surface area (Å²) in [5.74, 6) is 0.297. The maximum Gasteiger partial charge on any atom is 0.338 e. The molecular formula is C16H26O4S. The first kappa shape index (κ1) is 19.7. The number of rotatable bonds is 8. The van der Waals surface area contributed by atoms with Crippen molar-refractivity contribution in [2.45, 2.75) is 44.9 Å². The first-order chi connectivity index (χ1) is 9.97. The van der Waals surface area contributed by atoms with Crippen molar-refractivity contribution in [2.24, 2.45) is 0 Å². The normalized spacial score (nSPS) is 10.4. The van der Waals surface area contributed by atoms with Crippen LogP contribution in [0.2, 0.25) is 0 Å². The second-order valence-electron chi connectivity index (χ2n) is 4.27. The van der Waals surface area contributed by atoms with Gasteiger partial charge in [-0.05, 0) is 32.4 Å². The molecule has 21 heavy (non-hydrogen) atoms. The molecule has 0 amide bonds. The molecule has 0 aliphatic heterocycles. The Morgan fingerprint density at radius 2 is 1.67 bits per heavy atom. The molecule has 0 fully saturated rings. The molecule has 1 aromatic rings. The Morgan fingerprint density at radius 1 is 1.10 bits per heavy atom. The van der Waals surface area contributed by atoms with E-state index in [0.29, 0.717) is 12.2 Å². The number of hydrogen-bond acceptors (Lipinski definition) is 4. The highest BCUT2D eigenvalue weighted by Crippen LogP contribution is 2.17. The van der Waals surface area contributed by atoms with Crippen molar-refractivity contribution in [2.75, 3.05) is 13.2 Å². The van der Waals surface area contributed by atoms with Crippen LogP contribution >= 0.6 is 0 Å². The van der Waals surface area contributed by atoms with Crippen LogP contribution < -0.4 is 0 Å². The Morgan fingerprint density at radius 3 is 2.10 bits per heavy atom. The number of unbranched alkanes of at least 4 members (excludes halogenated alkanes) is 1. The summed E-state index contributed by atoms with van der Waals surface area (Å²) in [6, 6.07) is 8.08. The van der Waals surface area contributed by atoms with Crippen molar-refractivity contribution in [3.63, 3.8) is 0 Å². The topological polar surface area (TPSA) is 52.6 Å². The molecule has 5 heteroatoms. The molecule has 1 rings (SSSR count). The van der Waals surface area contributed by atoms with E-state index in [0.717, 1.165) is 26.1 Å². The second-order valence-corrected chi connectivity index (χ2v) is 5.82. The van der Waals surface area contributed by atoms with Gasteiger partial charge in [0.15, 0.2) is 0 Å². The average molecular weight is 314 g/mol. The summed E-state index contributed by atoms with van der Waals surface area (Å²) in [6.45, 7) is 11.3. The monoisotopic (exact) mass is 314 g/mol. The fraction of sp³-hybridized carbons (Fsp3) is 0.500. The van der Waals surface area contributed by atoms with Gasteiger partial charge in [-0.2, -0.15) is 8.42 Å². The van der Waals surface area contributed by atoms with Crippen molar-refractivity contribution in [3.05, 3.63) is 42.7 Å². The van der Waals surface area contributed by atoms with E-state index < -0.39 is 10.1 Å². The van der Waals surface area contributed by atoms with E-state index in [4.69, 9.17) is 8.92 Å². The molecule has 0 radical (unpaired) electrons. The van der Waals surface area contributed by atoms with E-state index in [2.05, 4.69) is 6.58 Å². The Labute approximate surface area is 128 Å². The van der Waals surface area contributed by atoms with Crippen molar-refractivity contribution in [1.29, 1.82) is 0 Å². The molecule has 0 heterocycles. The summed E-state index contributed by atoms with van der Waals surface area (Å²) in [5, 5.41) is 0. The zero-order chi connectivity index (χ0) is 16.1. The third kappa shape index (κ3) is 9.26. The smallest absolute Gasteiger partial charge is 0.338 e. The molecule has 0 aromatic heterocycles. The Bertz CT molecular complexity index is 478. The third-order valence-corrected chi connectivity index (χ3v) is 3.78. The van der Waals surface area contributed by atoms with Crippen LogP contribution in [0.3, 0.4) is 0 Å². The van der Waals surface area contributed by atoms with Gasteiger partial charge in [0.2, 0.25) is 0 Å². The van der Waals surface area contributed by atoms with Gasteiger partial charge < -0.3 is 8.92 Å². The number of allylic oxidation sites excluding steroid dienone is 1. The summed E-state index contributed by atoms with van der Waals surface area (Å²) >= 11 is 0. The summed E-state index contributed by atoms with van der Waals surface area (Å²) in [7, 11) is -3.69. The van der Waals surface area contributed by atoms with Crippen molar-refractivity contribution >= 4 is 10.1 Å². The molecule has 0 aliphatic rings. The minimum absolute atomic E-state index is 0.160. The van der Waals surface area contributed by atoms with Gasteiger partial charge in [0.1, 0.15) is 10.7 Å². The standard InChI is InChI=1S/C12H16O3S.C4H10O/c1-3-4-8-11(2)15-16(13,14)12-9-6-5-7-10-12;1-3-5-4-2/h5-7,9-10H,2-4,8H2,1H3;3-4H2,1-2H3. The maximum absolute atomic E-state index is 11.7. The third-order valence-electron chi connectivity index (χ3n) is 2.48. The van der Waals surface area contributed by atoms with Crippen LogP contribution in [0.25, 0.3) is 0 Å². The van der Waals surface area contributed by atoms with E-state index in [-0.39, 0.29) is 4.90 Å². The van der Waals surface area contributed by atoms with Crippen molar-refractivity contribution in [3.8, 4) is 0 Å². The number of hydrogen-bond donors (Lipinski definition) is 0. The van der Waals surface area contributed by atoms with Gasteiger partial charge in [0.25, 0.3) is 0 Å². The first-order valence-corrected chi connectivity index (χ1v) is 8.63. The fourth-order valence-electron chi connectivity index (χ4n) is 1.41. The fourth-order valence-corrected chi connectivity index (χ4v) is 2.39. The summed E-state index contributed by atoms with van der Waals surface area (Å²) < 4.78 is 33.2. The maximum atomic E-state index is 11.7. The van der Waals surface area contributed by atoms with Gasteiger partial charge in [-0.3, -0.25) is 0 Å². The molecular weight excluding hydrogens is 288 g/mol. The SMILES string of the molecule is C=C(CCCC)OS(=O)(=O)c1ccccc1.CCOCC. The van der Waals surface area contributed by atoms with Crippen LogP contribution in [-0.2, 0) is 19.0 Å². The predicted molar refractivity (Wildman–Crippen MR) is 85.5 cm³/mol. The lowest BCUT2D eigenvalue weighted by Crippen LogP contribution is -2.05. The summed E-state index contributed by atoms with van der Waals surface area (Å²) in [5.41, 5.74) is 0. The Balaban J connectivity index is 0.000000690. The molecule has 0 unspecified atom stereocenters. The lowest BCUT2D eigenvalue weighted by Gasteiger charge is -2.08. The van der Waals surface area contributed by atoms with E-state index >= 15 is 0 Å². The van der Waals surface area contributed by atoms with Gasteiger partial charge in [-0.25, -0.2) is 0 Å². The zero-order valence-corrected chi connectivity index (χ0v) is 14.0. The average Bonchev–Trinajstić information content (AvgIpc) is 2.47. The highest BCUT2D eigenvalue weighted by Gasteiger charge is 2.15. The van der Waals surface area contributed by atoms with Gasteiger partial charge in [-0.15, -0.1) is 0 Å². The molecule has 120 valence electrons. The molecule has 0 saturated heterocycles. The van der Waals surface area contributed by atoms with E-state index in [9.17, 15) is 8.42 Å². The van der Waals surface area contributed by atoms with Crippen LogP contribution in [0.4, 0.5) is 0 Å². The van der Waals surface area contributed by atoms with E-state index in [1.807, 2.05) is 20.8 Å². The minimum Gasteiger partial charge on any atom is -0.384 e. The molecule has 0 atom stereocenters. The Hall–Kier alpha value is -1.33. The number of benzene rings is 1. The van der Waals surface area contributed by atoms with Crippen molar-refractivity contribution in [1.82, 2.24) is 0 Å². The van der Waals surface area contributed by atoms with Gasteiger partial charge in [0.05, 0.1) is 0 Å². The van der Waals surface area contributed by atoms with Crippen LogP contribution in [-0.4, -0.2) is 21.6 Å². The molecule has 0 saturated carbocycles. The molecule has 0 bridgehead atoms. The highest BCUT2D eigenvalue weighted by molar-refractivity contribution is 7.86. The minimum atomic E-state index is -3.69. The summed E-state index contributed by atoms with van der Waals surface area (Å²) in [4.78, 5) is 0.160. The van der Waals surface area contributed by atoms with Crippen LogP contribution in [0.5, 0.6) is 0 Å². The van der Waals surface area contributed by atoms with Crippen LogP contribution in [0.1, 0.15) is 40.0 Å². The molecule has 0 spiro atoms.